The molecular formula is C17H9ClF4N2OS. The molecule has 0 radical (unpaired) electrons. The number of alkyl halides is 3. The minimum absolute atomic E-state index is 0.0444. The first-order valence-electron chi connectivity index (χ1n) is 7.13. The zero-order chi connectivity index (χ0) is 18.9. The number of hydrogen-bond acceptors (Lipinski definition) is 3. The van der Waals surface area contributed by atoms with Crippen LogP contribution in [-0.2, 0) is 6.18 Å². The van der Waals surface area contributed by atoms with Gasteiger partial charge in [0, 0.05) is 21.7 Å². The van der Waals surface area contributed by atoms with Crippen LogP contribution in [0.15, 0.2) is 48.8 Å². The molecule has 26 heavy (non-hydrogen) atoms. The van der Waals surface area contributed by atoms with Crippen LogP contribution >= 0.6 is 22.9 Å². The minimum atomic E-state index is -4.50. The van der Waals surface area contributed by atoms with Crippen LogP contribution in [0.3, 0.4) is 0 Å². The molecule has 134 valence electrons. The van der Waals surface area contributed by atoms with Gasteiger partial charge in [-0.15, -0.1) is 11.3 Å². The molecule has 3 rings (SSSR count). The van der Waals surface area contributed by atoms with Crippen molar-refractivity contribution in [2.75, 3.05) is 5.32 Å². The number of thiophene rings is 1. The van der Waals surface area contributed by atoms with Gasteiger partial charge in [-0.2, -0.15) is 13.2 Å². The number of nitrogens with one attached hydrogen (secondary N) is 1. The van der Waals surface area contributed by atoms with E-state index in [0.29, 0.717) is 4.88 Å². The lowest BCUT2D eigenvalue weighted by molar-refractivity contribution is -0.137. The summed E-state index contributed by atoms with van der Waals surface area (Å²) >= 11 is 6.95. The molecule has 1 amide bonds. The summed E-state index contributed by atoms with van der Waals surface area (Å²) in [7, 11) is 0. The second kappa shape index (κ2) is 7.05. The molecule has 0 spiro atoms. The highest BCUT2D eigenvalue weighted by molar-refractivity contribution is 7.17. The number of pyridine rings is 1. The van der Waals surface area contributed by atoms with Crippen molar-refractivity contribution in [1.82, 2.24) is 4.98 Å². The van der Waals surface area contributed by atoms with Crippen molar-refractivity contribution < 1.29 is 22.4 Å². The van der Waals surface area contributed by atoms with Gasteiger partial charge >= 0.3 is 6.18 Å². The maximum absolute atomic E-state index is 13.5. The van der Waals surface area contributed by atoms with Gasteiger partial charge in [0.15, 0.2) is 5.82 Å². The third-order valence-electron chi connectivity index (χ3n) is 3.41. The first-order valence-corrected chi connectivity index (χ1v) is 8.33. The number of carbonyl (C=O) groups is 1. The Morgan fingerprint density at radius 1 is 1.15 bits per heavy atom. The van der Waals surface area contributed by atoms with Crippen LogP contribution in [0, 0.1) is 5.82 Å². The topological polar surface area (TPSA) is 42.0 Å². The Kier molecular flexibility index (Phi) is 4.97. The van der Waals surface area contributed by atoms with Crippen molar-refractivity contribution >= 4 is 34.5 Å². The van der Waals surface area contributed by atoms with Crippen LogP contribution < -0.4 is 5.32 Å². The predicted molar refractivity (Wildman–Crippen MR) is 91.9 cm³/mol. The summed E-state index contributed by atoms with van der Waals surface area (Å²) in [6, 6.07) is 7.20. The van der Waals surface area contributed by atoms with Gasteiger partial charge in [0.05, 0.1) is 22.3 Å². The maximum atomic E-state index is 13.5. The Hall–Kier alpha value is -2.45. The van der Waals surface area contributed by atoms with Gasteiger partial charge in [-0.3, -0.25) is 9.78 Å². The summed E-state index contributed by atoms with van der Waals surface area (Å²) < 4.78 is 52.2. The van der Waals surface area contributed by atoms with Crippen LogP contribution in [0.4, 0.5) is 23.2 Å². The van der Waals surface area contributed by atoms with E-state index < -0.39 is 23.5 Å². The van der Waals surface area contributed by atoms with Crippen LogP contribution in [0.1, 0.15) is 15.2 Å². The summed E-state index contributed by atoms with van der Waals surface area (Å²) in [5, 5.41) is 2.52. The molecule has 0 unspecified atom stereocenters. The molecule has 0 atom stereocenters. The average molecular weight is 401 g/mol. The Morgan fingerprint density at radius 3 is 2.62 bits per heavy atom. The fraction of sp³-hybridized carbons (Fsp3) is 0.0588. The molecule has 0 saturated heterocycles. The molecule has 0 aliphatic rings. The number of nitrogens with zero attached hydrogens (tertiary/aromatic N) is 1. The molecule has 9 heteroatoms. The molecule has 3 nitrogen and oxygen atoms in total. The van der Waals surface area contributed by atoms with Crippen LogP contribution in [0.5, 0.6) is 0 Å². The van der Waals surface area contributed by atoms with Crippen molar-refractivity contribution in [3.63, 3.8) is 0 Å². The van der Waals surface area contributed by atoms with Crippen LogP contribution in [0.2, 0.25) is 5.02 Å². The summed E-state index contributed by atoms with van der Waals surface area (Å²) in [5.41, 5.74) is -0.715. The zero-order valence-corrected chi connectivity index (χ0v) is 14.3. The lowest BCUT2D eigenvalue weighted by Gasteiger charge is -2.09. The van der Waals surface area contributed by atoms with Gasteiger partial charge in [-0.05, 0) is 36.4 Å². The fourth-order valence-electron chi connectivity index (χ4n) is 2.16. The van der Waals surface area contributed by atoms with Crippen LogP contribution in [0.25, 0.3) is 10.4 Å². The number of benzene rings is 1. The van der Waals surface area contributed by atoms with Crippen molar-refractivity contribution in [2.24, 2.45) is 0 Å². The Morgan fingerprint density at radius 2 is 1.92 bits per heavy atom. The fourth-order valence-corrected chi connectivity index (χ4v) is 3.36. The Bertz CT molecular complexity index is 971. The molecular weight excluding hydrogens is 392 g/mol. The number of halogens is 5. The van der Waals surface area contributed by atoms with E-state index in [1.165, 1.54) is 24.4 Å². The Labute approximate surface area is 154 Å². The summed E-state index contributed by atoms with van der Waals surface area (Å²) in [6.07, 6.45) is -2.23. The van der Waals surface area contributed by atoms with Crippen molar-refractivity contribution in [1.29, 1.82) is 0 Å². The number of anilines is 1. The molecule has 3 aromatic rings. The molecule has 0 bridgehead atoms. The second-order valence-electron chi connectivity index (χ2n) is 5.17. The van der Waals surface area contributed by atoms with E-state index in [9.17, 15) is 22.4 Å². The highest BCUT2D eigenvalue weighted by Crippen LogP contribution is 2.38. The van der Waals surface area contributed by atoms with E-state index in [1.807, 2.05) is 0 Å². The van der Waals surface area contributed by atoms with E-state index >= 15 is 0 Å². The molecule has 0 fully saturated rings. The lowest BCUT2D eigenvalue weighted by Crippen LogP contribution is -2.11. The van der Waals surface area contributed by atoms with Gasteiger partial charge in [0.25, 0.3) is 5.91 Å². The van der Waals surface area contributed by atoms with E-state index in [-0.39, 0.29) is 21.2 Å². The highest BCUT2D eigenvalue weighted by Gasteiger charge is 2.31. The SMILES string of the molecule is O=C(Nc1ccncc1F)c1ccc(-c2cc(C(F)(F)F)ccc2Cl)s1. The Balaban J connectivity index is 1.88. The normalized spacial score (nSPS) is 11.4. The molecule has 1 aromatic carbocycles. The molecule has 0 aliphatic heterocycles. The predicted octanol–water partition coefficient (Wildman–Crippen LogP) is 5.87. The van der Waals surface area contributed by atoms with Crippen molar-refractivity contribution in [3.8, 4) is 10.4 Å². The van der Waals surface area contributed by atoms with Crippen molar-refractivity contribution in [2.45, 2.75) is 6.18 Å². The van der Waals surface area contributed by atoms with E-state index in [2.05, 4.69) is 10.3 Å². The van der Waals surface area contributed by atoms with Gasteiger partial charge in [-0.1, -0.05) is 11.6 Å². The number of aromatic nitrogens is 1. The molecule has 0 saturated carbocycles. The lowest BCUT2D eigenvalue weighted by atomic mass is 10.1. The summed E-state index contributed by atoms with van der Waals surface area (Å²) in [4.78, 5) is 16.4. The summed E-state index contributed by atoms with van der Waals surface area (Å²) in [6.45, 7) is 0. The minimum Gasteiger partial charge on any atom is -0.319 e. The first kappa shape index (κ1) is 18.3. The molecule has 0 aliphatic carbocycles. The van der Waals surface area contributed by atoms with Gasteiger partial charge in [0.1, 0.15) is 0 Å². The molecule has 2 aromatic heterocycles. The number of amides is 1. The second-order valence-corrected chi connectivity index (χ2v) is 6.66. The number of rotatable bonds is 3. The van der Waals surface area contributed by atoms with Gasteiger partial charge in [0.2, 0.25) is 0 Å². The quantitative estimate of drug-likeness (QED) is 0.558. The monoisotopic (exact) mass is 400 g/mol. The summed E-state index contributed by atoms with van der Waals surface area (Å²) in [5.74, 6) is -1.28. The highest BCUT2D eigenvalue weighted by atomic mass is 35.5. The number of carbonyl (C=O) groups excluding carboxylic acids is 1. The van der Waals surface area contributed by atoms with Gasteiger partial charge < -0.3 is 5.32 Å². The third-order valence-corrected chi connectivity index (χ3v) is 4.86. The average Bonchev–Trinajstić information content (AvgIpc) is 3.06. The van der Waals surface area contributed by atoms with Crippen LogP contribution in [-0.4, -0.2) is 10.9 Å². The van der Waals surface area contributed by atoms with E-state index in [4.69, 9.17) is 11.6 Å². The van der Waals surface area contributed by atoms with Gasteiger partial charge in [-0.25, -0.2) is 4.39 Å². The van der Waals surface area contributed by atoms with E-state index in [1.54, 1.807) is 0 Å². The zero-order valence-electron chi connectivity index (χ0n) is 12.8. The third kappa shape index (κ3) is 3.86. The standard InChI is InChI=1S/C17H9ClF4N2OS/c18-11-2-1-9(17(20,21)22)7-10(11)14-3-4-15(26-14)16(25)24-13-5-6-23-8-12(13)19/h1-8H,(H,23,24,25). The molecule has 2 heterocycles. The first-order chi connectivity index (χ1) is 12.3. The smallest absolute Gasteiger partial charge is 0.319 e. The van der Waals surface area contributed by atoms with Crippen molar-refractivity contribution in [3.05, 3.63) is 70.1 Å². The molecule has 1 N–H and O–H groups in total. The largest absolute Gasteiger partial charge is 0.416 e. The number of hydrogen-bond donors (Lipinski definition) is 1. The van der Waals surface area contributed by atoms with E-state index in [0.717, 1.165) is 35.7 Å². The maximum Gasteiger partial charge on any atom is 0.416 e.